The van der Waals surface area contributed by atoms with Crippen molar-refractivity contribution < 1.29 is 0 Å². The van der Waals surface area contributed by atoms with Crippen LogP contribution in [0.3, 0.4) is 0 Å². The molecule has 0 saturated carbocycles. The smallest absolute Gasteiger partial charge is 0.00207 e. The highest BCUT2D eigenvalue weighted by Gasteiger charge is 2.21. The third-order valence-corrected chi connectivity index (χ3v) is 3.90. The van der Waals surface area contributed by atoms with E-state index in [1.807, 2.05) is 0 Å². The average Bonchev–Trinajstić information content (AvgIpc) is 2.81. The second-order valence-corrected chi connectivity index (χ2v) is 5.89. The minimum absolute atomic E-state index is 0.629. The molecule has 94 valence electrons. The van der Waals surface area contributed by atoms with Crippen molar-refractivity contribution in [3.8, 4) is 0 Å². The fraction of sp³-hybridized carbons (Fsp3) is 0.625. The van der Waals surface area contributed by atoms with Gasteiger partial charge in [-0.15, -0.1) is 0 Å². The molecular weight excluding hydrogens is 206 g/mol. The molecule has 1 fully saturated rings. The van der Waals surface area contributed by atoms with Gasteiger partial charge in [-0.3, -0.25) is 0 Å². The Hall–Kier alpha value is -0.820. The lowest BCUT2D eigenvalue weighted by molar-refractivity contribution is 0.725. The predicted molar refractivity (Wildman–Crippen MR) is 74.8 cm³/mol. The lowest BCUT2D eigenvalue weighted by Gasteiger charge is -2.20. The fourth-order valence-corrected chi connectivity index (χ4v) is 2.75. The van der Waals surface area contributed by atoms with E-state index in [0.717, 1.165) is 12.5 Å². The van der Waals surface area contributed by atoms with E-state index in [4.69, 9.17) is 0 Å². The van der Waals surface area contributed by atoms with Crippen molar-refractivity contribution in [1.29, 1.82) is 0 Å². The Morgan fingerprint density at radius 1 is 1.12 bits per heavy atom. The molecule has 0 amide bonds. The maximum Gasteiger partial charge on any atom is 0.00207 e. The summed E-state index contributed by atoms with van der Waals surface area (Å²) in [4.78, 5) is 0. The molecule has 1 heteroatoms. The summed E-state index contributed by atoms with van der Waals surface area (Å²) in [6.45, 7) is 11.5. The zero-order valence-corrected chi connectivity index (χ0v) is 11.6. The number of benzene rings is 1. The maximum absolute atomic E-state index is 3.49. The van der Waals surface area contributed by atoms with Gasteiger partial charge in [-0.2, -0.15) is 0 Å². The van der Waals surface area contributed by atoms with Crippen LogP contribution in [0.15, 0.2) is 18.2 Å². The Balaban J connectivity index is 2.39. The average molecular weight is 231 g/mol. The second-order valence-electron chi connectivity index (χ2n) is 5.89. The Morgan fingerprint density at radius 2 is 1.88 bits per heavy atom. The third kappa shape index (κ3) is 2.71. The quantitative estimate of drug-likeness (QED) is 0.828. The molecule has 1 N–H and O–H groups in total. The molecule has 0 bridgehead atoms. The molecule has 1 atom stereocenters. The van der Waals surface area contributed by atoms with Gasteiger partial charge in [0, 0.05) is 6.54 Å². The molecule has 1 heterocycles. The van der Waals surface area contributed by atoms with Crippen LogP contribution in [0.25, 0.3) is 0 Å². The molecule has 0 aliphatic carbocycles. The first-order valence-electron chi connectivity index (χ1n) is 6.94. The second kappa shape index (κ2) is 5.22. The molecule has 17 heavy (non-hydrogen) atoms. The summed E-state index contributed by atoms with van der Waals surface area (Å²) in [5, 5.41) is 3.49. The van der Waals surface area contributed by atoms with E-state index >= 15 is 0 Å². The zero-order valence-electron chi connectivity index (χ0n) is 11.6. The first-order valence-corrected chi connectivity index (χ1v) is 6.94. The summed E-state index contributed by atoms with van der Waals surface area (Å²) >= 11 is 0. The van der Waals surface area contributed by atoms with E-state index in [2.05, 4.69) is 51.2 Å². The predicted octanol–water partition coefficient (Wildman–Crippen LogP) is 4.01. The van der Waals surface area contributed by atoms with Crippen LogP contribution in [0.5, 0.6) is 0 Å². The van der Waals surface area contributed by atoms with E-state index in [9.17, 15) is 0 Å². The van der Waals surface area contributed by atoms with Gasteiger partial charge in [-0.1, -0.05) is 45.9 Å². The van der Waals surface area contributed by atoms with Gasteiger partial charge in [0.1, 0.15) is 0 Å². The van der Waals surface area contributed by atoms with Gasteiger partial charge in [-0.05, 0) is 47.4 Å². The third-order valence-electron chi connectivity index (χ3n) is 3.90. The number of hydrogen-bond acceptors (Lipinski definition) is 1. The van der Waals surface area contributed by atoms with Gasteiger partial charge < -0.3 is 5.32 Å². The summed E-state index contributed by atoms with van der Waals surface area (Å²) in [6.07, 6.45) is 1.29. The largest absolute Gasteiger partial charge is 0.316 e. The summed E-state index contributed by atoms with van der Waals surface area (Å²) in [7, 11) is 0. The fourth-order valence-electron chi connectivity index (χ4n) is 2.75. The van der Waals surface area contributed by atoms with Crippen LogP contribution < -0.4 is 5.32 Å². The minimum Gasteiger partial charge on any atom is -0.316 e. The Labute approximate surface area is 106 Å². The van der Waals surface area contributed by atoms with E-state index in [-0.39, 0.29) is 0 Å². The lowest BCUT2D eigenvalue weighted by atomic mass is 9.85. The molecule has 2 rings (SSSR count). The topological polar surface area (TPSA) is 12.0 Å². The summed E-state index contributed by atoms with van der Waals surface area (Å²) in [6, 6.07) is 7.12. The summed E-state index contributed by atoms with van der Waals surface area (Å²) in [5.41, 5.74) is 4.62. The summed E-state index contributed by atoms with van der Waals surface area (Å²) in [5.74, 6) is 1.99. The van der Waals surface area contributed by atoms with Crippen molar-refractivity contribution in [2.75, 3.05) is 13.1 Å². The van der Waals surface area contributed by atoms with E-state index in [1.54, 1.807) is 11.1 Å². The maximum atomic E-state index is 3.49. The van der Waals surface area contributed by atoms with Crippen molar-refractivity contribution in [3.63, 3.8) is 0 Å². The molecule has 1 aromatic carbocycles. The standard InChI is InChI=1S/C16H25N/c1-11(2)13-5-6-15(12(3)4)16(9-13)14-7-8-17-10-14/h5-6,9,11-12,14,17H,7-8,10H2,1-4H3. The van der Waals surface area contributed by atoms with Crippen LogP contribution >= 0.6 is 0 Å². The molecule has 1 aliphatic heterocycles. The van der Waals surface area contributed by atoms with E-state index in [1.165, 1.54) is 18.5 Å². The van der Waals surface area contributed by atoms with Gasteiger partial charge in [0.15, 0.2) is 0 Å². The van der Waals surface area contributed by atoms with Crippen LogP contribution in [0.1, 0.15) is 68.6 Å². The first-order chi connectivity index (χ1) is 8.09. The van der Waals surface area contributed by atoms with Crippen molar-refractivity contribution in [2.45, 2.75) is 51.9 Å². The Bertz CT molecular complexity index is 373. The van der Waals surface area contributed by atoms with E-state index in [0.29, 0.717) is 11.8 Å². The molecule has 0 radical (unpaired) electrons. The summed E-state index contributed by atoms with van der Waals surface area (Å²) < 4.78 is 0. The van der Waals surface area contributed by atoms with Crippen LogP contribution in [0.4, 0.5) is 0 Å². The molecule has 0 spiro atoms. The molecule has 0 aromatic heterocycles. The van der Waals surface area contributed by atoms with Gasteiger partial charge in [0.05, 0.1) is 0 Å². The van der Waals surface area contributed by atoms with Crippen molar-refractivity contribution in [1.82, 2.24) is 5.32 Å². The normalized spacial score (nSPS) is 20.5. The van der Waals surface area contributed by atoms with Gasteiger partial charge in [-0.25, -0.2) is 0 Å². The van der Waals surface area contributed by atoms with Crippen molar-refractivity contribution >= 4 is 0 Å². The van der Waals surface area contributed by atoms with Gasteiger partial charge in [0.25, 0.3) is 0 Å². The Morgan fingerprint density at radius 3 is 2.41 bits per heavy atom. The molecule has 1 saturated heterocycles. The SMILES string of the molecule is CC(C)c1ccc(C(C)C)c(C2CCNC2)c1. The van der Waals surface area contributed by atoms with Crippen LogP contribution in [0.2, 0.25) is 0 Å². The highest BCUT2D eigenvalue weighted by atomic mass is 14.9. The first kappa shape index (κ1) is 12.6. The monoisotopic (exact) mass is 231 g/mol. The van der Waals surface area contributed by atoms with Crippen molar-refractivity contribution in [2.24, 2.45) is 0 Å². The van der Waals surface area contributed by atoms with Crippen LogP contribution in [-0.4, -0.2) is 13.1 Å². The molecule has 1 unspecified atom stereocenters. The molecule has 1 aliphatic rings. The zero-order chi connectivity index (χ0) is 12.4. The molecular formula is C16H25N. The van der Waals surface area contributed by atoms with E-state index < -0.39 is 0 Å². The highest BCUT2D eigenvalue weighted by molar-refractivity contribution is 5.38. The lowest BCUT2D eigenvalue weighted by Crippen LogP contribution is -2.10. The van der Waals surface area contributed by atoms with Crippen LogP contribution in [-0.2, 0) is 0 Å². The van der Waals surface area contributed by atoms with Gasteiger partial charge in [0.2, 0.25) is 0 Å². The molecule has 1 nitrogen and oxygen atoms in total. The molecule has 1 aromatic rings. The number of hydrogen-bond donors (Lipinski definition) is 1. The van der Waals surface area contributed by atoms with Crippen LogP contribution in [0, 0.1) is 0 Å². The van der Waals surface area contributed by atoms with Gasteiger partial charge >= 0.3 is 0 Å². The number of rotatable bonds is 3. The number of nitrogens with one attached hydrogen (secondary N) is 1. The Kier molecular flexibility index (Phi) is 3.88. The minimum atomic E-state index is 0.629. The highest BCUT2D eigenvalue weighted by Crippen LogP contribution is 2.32. The van der Waals surface area contributed by atoms with Crippen molar-refractivity contribution in [3.05, 3.63) is 34.9 Å².